The maximum absolute atomic E-state index is 14.6. The highest BCUT2D eigenvalue weighted by atomic mass is 19.2. The van der Waals surface area contributed by atoms with Crippen LogP contribution in [-0.2, 0) is 25.5 Å². The molecule has 5 N–H and O–H groups in total. The van der Waals surface area contributed by atoms with Crippen LogP contribution in [0.5, 0.6) is 5.75 Å². The SMILES string of the molecule is CC1NC(=O)C(C2CC2)OC(=O)C(C)C(O)C(Cc2c(F)c(F)c(F)c(F)c2F)NC(=O)C1NC(=O)c1ncccc1O. The number of rotatable bonds is 5. The van der Waals surface area contributed by atoms with Crippen LogP contribution >= 0.6 is 0 Å². The number of esters is 1. The molecule has 1 saturated carbocycles. The molecule has 3 amide bonds. The molecule has 6 unspecified atom stereocenters. The molecular formula is C27H27F5N4O7. The summed E-state index contributed by atoms with van der Waals surface area (Å²) in [5.74, 6) is -18.1. The van der Waals surface area contributed by atoms with E-state index in [-0.39, 0.29) is 5.92 Å². The van der Waals surface area contributed by atoms with Gasteiger partial charge in [-0.2, -0.15) is 0 Å². The number of pyridine rings is 1. The molecule has 11 nitrogen and oxygen atoms in total. The first-order chi connectivity index (χ1) is 20.2. The number of amides is 3. The Morgan fingerprint density at radius 3 is 2.19 bits per heavy atom. The highest BCUT2D eigenvalue weighted by molar-refractivity contribution is 5.98. The minimum Gasteiger partial charge on any atom is -0.505 e. The summed E-state index contributed by atoms with van der Waals surface area (Å²) in [7, 11) is 0. The van der Waals surface area contributed by atoms with E-state index in [1.807, 2.05) is 0 Å². The number of nitrogens with zero attached hydrogens (tertiary/aromatic N) is 1. The molecule has 1 saturated heterocycles. The van der Waals surface area contributed by atoms with Crippen molar-refractivity contribution in [2.45, 2.75) is 63.4 Å². The van der Waals surface area contributed by atoms with E-state index in [2.05, 4.69) is 20.9 Å². The van der Waals surface area contributed by atoms with Crippen molar-refractivity contribution in [1.82, 2.24) is 20.9 Å². The Bertz CT molecular complexity index is 1430. The van der Waals surface area contributed by atoms with Crippen LogP contribution in [0.2, 0.25) is 0 Å². The fraction of sp³-hybridized carbons (Fsp3) is 0.444. The van der Waals surface area contributed by atoms with Gasteiger partial charge in [0.05, 0.1) is 24.1 Å². The number of hydrogen-bond donors (Lipinski definition) is 5. The normalized spacial score (nSPS) is 26.8. The molecule has 4 rings (SSSR count). The lowest BCUT2D eigenvalue weighted by molar-refractivity contribution is -0.165. The molecule has 0 bridgehead atoms. The average molecular weight is 615 g/mol. The number of hydrogen-bond acceptors (Lipinski definition) is 8. The van der Waals surface area contributed by atoms with Gasteiger partial charge in [0.2, 0.25) is 11.7 Å². The Morgan fingerprint density at radius 2 is 1.60 bits per heavy atom. The molecule has 43 heavy (non-hydrogen) atoms. The van der Waals surface area contributed by atoms with Gasteiger partial charge in [0.25, 0.3) is 11.8 Å². The van der Waals surface area contributed by atoms with Crippen LogP contribution in [0.25, 0.3) is 0 Å². The molecule has 232 valence electrons. The molecule has 2 aliphatic rings. The van der Waals surface area contributed by atoms with Gasteiger partial charge >= 0.3 is 5.97 Å². The van der Waals surface area contributed by atoms with E-state index >= 15 is 0 Å². The number of aliphatic hydroxyl groups excluding tert-OH is 1. The Labute approximate surface area is 240 Å². The number of halogens is 5. The van der Waals surface area contributed by atoms with E-state index in [9.17, 15) is 51.3 Å². The first-order valence-corrected chi connectivity index (χ1v) is 13.2. The quantitative estimate of drug-likeness (QED) is 0.145. The minimum absolute atomic E-state index is 0.389. The zero-order valence-corrected chi connectivity index (χ0v) is 22.7. The molecule has 1 aliphatic carbocycles. The number of aliphatic hydroxyl groups is 1. The number of carbonyl (C=O) groups excluding carboxylic acids is 4. The first kappa shape index (κ1) is 31.6. The number of carbonyl (C=O) groups is 4. The van der Waals surface area contributed by atoms with Gasteiger partial charge in [-0.25, -0.2) is 26.9 Å². The second kappa shape index (κ2) is 12.5. The summed E-state index contributed by atoms with van der Waals surface area (Å²) in [6.07, 6.45) is -2.38. The largest absolute Gasteiger partial charge is 0.505 e. The third-order valence-corrected chi connectivity index (χ3v) is 7.34. The van der Waals surface area contributed by atoms with E-state index in [0.717, 1.165) is 13.0 Å². The highest BCUT2D eigenvalue weighted by Crippen LogP contribution is 2.35. The van der Waals surface area contributed by atoms with E-state index in [0.29, 0.717) is 12.8 Å². The van der Waals surface area contributed by atoms with Crippen molar-refractivity contribution in [3.63, 3.8) is 0 Å². The zero-order chi connectivity index (χ0) is 31.7. The number of ether oxygens (including phenoxy) is 1. The van der Waals surface area contributed by atoms with Crippen LogP contribution in [0.15, 0.2) is 18.3 Å². The van der Waals surface area contributed by atoms with Crippen molar-refractivity contribution in [2.24, 2.45) is 11.8 Å². The fourth-order valence-corrected chi connectivity index (χ4v) is 4.65. The van der Waals surface area contributed by atoms with E-state index < -0.39 is 112 Å². The number of benzene rings is 1. The van der Waals surface area contributed by atoms with Crippen LogP contribution < -0.4 is 16.0 Å². The van der Waals surface area contributed by atoms with Crippen LogP contribution in [0.3, 0.4) is 0 Å². The van der Waals surface area contributed by atoms with Crippen molar-refractivity contribution >= 4 is 23.7 Å². The first-order valence-electron chi connectivity index (χ1n) is 13.2. The standard InChI is InChI=1S/C27H27F5N4O7/c1-9-22(38)13(8-12-15(28)17(30)19(32)18(31)16(12)29)35-24(39)20(36-25(40)21-14(37)4-3-7-33-21)10(2)34-26(41)23(11-5-6-11)43-27(9)42/h3-4,7,9-11,13,20,22-23,37-38H,5-6,8H2,1-2H3,(H,34,41)(H,35,39)(H,36,40). The van der Waals surface area contributed by atoms with Gasteiger partial charge in [-0.15, -0.1) is 0 Å². The second-order valence-electron chi connectivity index (χ2n) is 10.5. The molecule has 16 heteroatoms. The van der Waals surface area contributed by atoms with Gasteiger partial charge in [-0.05, 0) is 38.8 Å². The van der Waals surface area contributed by atoms with Gasteiger partial charge in [0.15, 0.2) is 35.1 Å². The molecule has 6 atom stereocenters. The Morgan fingerprint density at radius 1 is 1.00 bits per heavy atom. The average Bonchev–Trinajstić information content (AvgIpc) is 3.82. The van der Waals surface area contributed by atoms with Crippen molar-refractivity contribution < 1.29 is 56.1 Å². The lowest BCUT2D eigenvalue weighted by Crippen LogP contribution is -2.62. The second-order valence-corrected chi connectivity index (χ2v) is 10.5. The maximum atomic E-state index is 14.6. The lowest BCUT2D eigenvalue weighted by atomic mass is 9.91. The molecule has 2 aromatic rings. The molecular weight excluding hydrogens is 587 g/mol. The number of cyclic esters (lactones) is 1. The van der Waals surface area contributed by atoms with Crippen molar-refractivity contribution in [2.75, 3.05) is 0 Å². The minimum atomic E-state index is -2.42. The Hall–Kier alpha value is -4.34. The number of nitrogens with one attached hydrogen (secondary N) is 3. The molecule has 0 radical (unpaired) electrons. The smallest absolute Gasteiger partial charge is 0.312 e. The predicted molar refractivity (Wildman–Crippen MR) is 134 cm³/mol. The highest BCUT2D eigenvalue weighted by Gasteiger charge is 2.44. The van der Waals surface area contributed by atoms with Crippen molar-refractivity contribution in [3.8, 4) is 5.75 Å². The third-order valence-electron chi connectivity index (χ3n) is 7.34. The fourth-order valence-electron chi connectivity index (χ4n) is 4.65. The van der Waals surface area contributed by atoms with E-state index in [1.165, 1.54) is 19.2 Å². The Kier molecular flexibility index (Phi) is 9.18. The van der Waals surface area contributed by atoms with Gasteiger partial charge in [-0.1, -0.05) is 0 Å². The summed E-state index contributed by atoms with van der Waals surface area (Å²) in [5.41, 5.74) is -1.89. The lowest BCUT2D eigenvalue weighted by Gasteiger charge is -2.33. The van der Waals surface area contributed by atoms with Gasteiger partial charge in [0.1, 0.15) is 11.8 Å². The van der Waals surface area contributed by atoms with E-state index in [4.69, 9.17) is 4.74 Å². The summed E-state index contributed by atoms with van der Waals surface area (Å²) < 4.78 is 76.1. The predicted octanol–water partition coefficient (Wildman–Crippen LogP) is 1.15. The van der Waals surface area contributed by atoms with Gasteiger partial charge in [0, 0.05) is 24.1 Å². The van der Waals surface area contributed by atoms with Crippen molar-refractivity contribution in [1.29, 1.82) is 0 Å². The number of aromatic nitrogens is 1. The summed E-state index contributed by atoms with van der Waals surface area (Å²) in [5, 5.41) is 28.0. The van der Waals surface area contributed by atoms with Crippen LogP contribution in [0, 0.1) is 40.9 Å². The number of aromatic hydroxyl groups is 1. The zero-order valence-electron chi connectivity index (χ0n) is 22.7. The maximum Gasteiger partial charge on any atom is 0.312 e. The summed E-state index contributed by atoms with van der Waals surface area (Å²) in [6.45, 7) is 2.40. The van der Waals surface area contributed by atoms with E-state index in [1.54, 1.807) is 0 Å². The van der Waals surface area contributed by atoms with Crippen LogP contribution in [0.4, 0.5) is 22.0 Å². The van der Waals surface area contributed by atoms with Crippen LogP contribution in [0.1, 0.15) is 42.7 Å². The van der Waals surface area contributed by atoms with Crippen molar-refractivity contribution in [3.05, 3.63) is 58.7 Å². The molecule has 1 aromatic carbocycles. The Balaban J connectivity index is 1.75. The molecule has 2 heterocycles. The topological polar surface area (TPSA) is 167 Å². The van der Waals surface area contributed by atoms with Gasteiger partial charge in [-0.3, -0.25) is 19.2 Å². The summed E-state index contributed by atoms with van der Waals surface area (Å²) in [6, 6.07) is -2.41. The van der Waals surface area contributed by atoms with Gasteiger partial charge < -0.3 is 30.9 Å². The monoisotopic (exact) mass is 614 g/mol. The summed E-state index contributed by atoms with van der Waals surface area (Å²) >= 11 is 0. The molecule has 1 aromatic heterocycles. The molecule has 1 aliphatic heterocycles. The summed E-state index contributed by atoms with van der Waals surface area (Å²) in [4.78, 5) is 56.2. The molecule has 2 fully saturated rings. The van der Waals surface area contributed by atoms with Crippen LogP contribution in [-0.4, -0.2) is 69.2 Å². The third kappa shape index (κ3) is 6.53. The molecule has 0 spiro atoms.